The Morgan fingerprint density at radius 1 is 1.44 bits per heavy atom. The van der Waals surface area contributed by atoms with Gasteiger partial charge in [0.05, 0.1) is 13.1 Å². The second kappa shape index (κ2) is 3.18. The van der Waals surface area contributed by atoms with E-state index in [4.69, 9.17) is 0 Å². The largest absolute Gasteiger partial charge is 0.634 e. The molecular weight excluding hydrogens is 114 g/mol. The van der Waals surface area contributed by atoms with Crippen molar-refractivity contribution < 1.29 is 5.06 Å². The molecule has 0 spiro atoms. The topological polar surface area (TPSA) is 27.5 Å². The van der Waals surface area contributed by atoms with Crippen molar-refractivity contribution in [1.29, 1.82) is 0 Å². The Hall–Kier alpha value is -0.0800. The molecule has 54 valence electrons. The fraction of sp³-hybridized carbons (Fsp3) is 1.00. The van der Waals surface area contributed by atoms with E-state index in [0.29, 0.717) is 5.06 Å². The standard InChI is InChI=1S/C7H15NO/c1-2-7-3-5-8(9)6-4-7/h7-8H,2-6H2,1H3. The van der Waals surface area contributed by atoms with E-state index in [1.807, 2.05) is 0 Å². The lowest BCUT2D eigenvalue weighted by molar-refractivity contribution is -0.854. The first kappa shape index (κ1) is 7.03. The van der Waals surface area contributed by atoms with Crippen molar-refractivity contribution in [1.82, 2.24) is 0 Å². The van der Waals surface area contributed by atoms with Crippen LogP contribution in [0.3, 0.4) is 0 Å². The van der Waals surface area contributed by atoms with Gasteiger partial charge in [-0.1, -0.05) is 13.3 Å². The molecule has 9 heavy (non-hydrogen) atoms. The molecule has 2 nitrogen and oxygen atoms in total. The van der Waals surface area contributed by atoms with Crippen LogP contribution in [-0.2, 0) is 0 Å². The summed E-state index contributed by atoms with van der Waals surface area (Å²) in [5.74, 6) is 0.850. The first-order chi connectivity index (χ1) is 4.33. The van der Waals surface area contributed by atoms with Crippen molar-refractivity contribution in [2.45, 2.75) is 26.2 Å². The number of piperidine rings is 1. The minimum absolute atomic E-state index is 0.472. The molecule has 1 fully saturated rings. The van der Waals surface area contributed by atoms with E-state index in [1.54, 1.807) is 0 Å². The molecule has 1 heterocycles. The number of hydroxylamine groups is 2. The summed E-state index contributed by atoms with van der Waals surface area (Å²) in [5, 5.41) is 11.2. The molecular formula is C7H15NO. The van der Waals surface area contributed by atoms with Gasteiger partial charge in [0, 0.05) is 0 Å². The van der Waals surface area contributed by atoms with Crippen LogP contribution in [0.25, 0.3) is 0 Å². The van der Waals surface area contributed by atoms with E-state index in [-0.39, 0.29) is 0 Å². The first-order valence-electron chi connectivity index (χ1n) is 3.84. The Kier molecular flexibility index (Phi) is 2.49. The minimum Gasteiger partial charge on any atom is -0.634 e. The minimum atomic E-state index is 0.472. The molecule has 0 aromatic heterocycles. The number of hydrogen-bond donors (Lipinski definition) is 1. The molecule has 1 aliphatic heterocycles. The van der Waals surface area contributed by atoms with E-state index in [0.717, 1.165) is 31.8 Å². The molecule has 0 amide bonds. The summed E-state index contributed by atoms with van der Waals surface area (Å²) >= 11 is 0. The van der Waals surface area contributed by atoms with Gasteiger partial charge in [-0.2, -0.15) is 0 Å². The van der Waals surface area contributed by atoms with E-state index < -0.39 is 0 Å². The van der Waals surface area contributed by atoms with Gasteiger partial charge in [-0.3, -0.25) is 0 Å². The highest BCUT2D eigenvalue weighted by molar-refractivity contribution is 4.59. The van der Waals surface area contributed by atoms with Crippen LogP contribution in [0.2, 0.25) is 0 Å². The third-order valence-electron chi connectivity index (χ3n) is 2.24. The summed E-state index contributed by atoms with van der Waals surface area (Å²) < 4.78 is 0. The summed E-state index contributed by atoms with van der Waals surface area (Å²) in [7, 11) is 0. The highest BCUT2D eigenvalue weighted by Gasteiger charge is 2.14. The van der Waals surface area contributed by atoms with Crippen LogP contribution in [0.4, 0.5) is 0 Å². The van der Waals surface area contributed by atoms with Crippen molar-refractivity contribution in [2.75, 3.05) is 13.1 Å². The summed E-state index contributed by atoms with van der Waals surface area (Å²) in [4.78, 5) is 0. The quantitative estimate of drug-likeness (QED) is 0.503. The van der Waals surface area contributed by atoms with Gasteiger partial charge in [0.15, 0.2) is 0 Å². The third kappa shape index (κ3) is 1.95. The van der Waals surface area contributed by atoms with Gasteiger partial charge in [-0.05, 0) is 18.8 Å². The molecule has 1 N–H and O–H groups in total. The molecule has 0 aliphatic carbocycles. The van der Waals surface area contributed by atoms with Crippen molar-refractivity contribution >= 4 is 0 Å². The Balaban J connectivity index is 2.18. The molecule has 2 heteroatoms. The number of rotatable bonds is 1. The normalized spacial score (nSPS) is 36.7. The van der Waals surface area contributed by atoms with Crippen LogP contribution in [0.1, 0.15) is 26.2 Å². The van der Waals surface area contributed by atoms with Crippen LogP contribution in [0, 0.1) is 11.1 Å². The maximum atomic E-state index is 10.7. The Morgan fingerprint density at radius 3 is 2.44 bits per heavy atom. The van der Waals surface area contributed by atoms with Gasteiger partial charge in [0.25, 0.3) is 0 Å². The lowest BCUT2D eigenvalue weighted by atomic mass is 9.96. The average molecular weight is 129 g/mol. The van der Waals surface area contributed by atoms with Gasteiger partial charge < -0.3 is 10.3 Å². The fourth-order valence-electron chi connectivity index (χ4n) is 1.41. The summed E-state index contributed by atoms with van der Waals surface area (Å²) in [6.45, 7) is 3.90. The van der Waals surface area contributed by atoms with Gasteiger partial charge in [0.2, 0.25) is 0 Å². The fourth-order valence-corrected chi connectivity index (χ4v) is 1.41. The van der Waals surface area contributed by atoms with Crippen LogP contribution in [0.15, 0.2) is 0 Å². The first-order valence-corrected chi connectivity index (χ1v) is 3.84. The van der Waals surface area contributed by atoms with Crippen LogP contribution in [-0.4, -0.2) is 13.1 Å². The summed E-state index contributed by atoms with van der Waals surface area (Å²) in [6.07, 6.45) is 3.55. The number of quaternary nitrogens is 1. The number of nitrogens with one attached hydrogen (secondary N) is 1. The molecule has 0 atom stereocenters. The molecule has 0 saturated carbocycles. The second-order valence-corrected chi connectivity index (χ2v) is 2.89. The monoisotopic (exact) mass is 129 g/mol. The molecule has 0 unspecified atom stereocenters. The maximum absolute atomic E-state index is 10.7. The predicted octanol–water partition coefficient (Wildman–Crippen LogP) is 0.189. The predicted molar refractivity (Wildman–Crippen MR) is 37.1 cm³/mol. The molecule has 0 aromatic rings. The van der Waals surface area contributed by atoms with E-state index in [2.05, 4.69) is 6.92 Å². The SMILES string of the molecule is CCC1CC[NH+]([O-])CC1. The second-order valence-electron chi connectivity index (χ2n) is 2.89. The highest BCUT2D eigenvalue weighted by Crippen LogP contribution is 2.12. The van der Waals surface area contributed by atoms with Crippen LogP contribution >= 0.6 is 0 Å². The zero-order chi connectivity index (χ0) is 6.69. The molecule has 0 radical (unpaired) electrons. The zero-order valence-corrected chi connectivity index (χ0v) is 6.02. The molecule has 1 saturated heterocycles. The maximum Gasteiger partial charge on any atom is 0.0770 e. The number of hydrogen-bond acceptors (Lipinski definition) is 1. The molecule has 1 rings (SSSR count). The molecule has 1 aliphatic rings. The average Bonchev–Trinajstić information content (AvgIpc) is 1.90. The van der Waals surface area contributed by atoms with Gasteiger partial charge in [-0.15, -0.1) is 0 Å². The van der Waals surface area contributed by atoms with Crippen molar-refractivity contribution in [3.8, 4) is 0 Å². The van der Waals surface area contributed by atoms with Crippen molar-refractivity contribution in [3.05, 3.63) is 5.21 Å². The van der Waals surface area contributed by atoms with Gasteiger partial charge >= 0.3 is 0 Å². The smallest absolute Gasteiger partial charge is 0.0770 e. The van der Waals surface area contributed by atoms with Crippen molar-refractivity contribution in [3.63, 3.8) is 0 Å². The Labute approximate surface area is 56.4 Å². The Bertz CT molecular complexity index is 77.0. The van der Waals surface area contributed by atoms with E-state index in [1.165, 1.54) is 6.42 Å². The van der Waals surface area contributed by atoms with Gasteiger partial charge in [0.1, 0.15) is 0 Å². The van der Waals surface area contributed by atoms with E-state index >= 15 is 0 Å². The molecule has 0 aromatic carbocycles. The summed E-state index contributed by atoms with van der Waals surface area (Å²) in [6, 6.07) is 0. The van der Waals surface area contributed by atoms with Crippen molar-refractivity contribution in [2.24, 2.45) is 5.92 Å². The van der Waals surface area contributed by atoms with Crippen LogP contribution < -0.4 is 5.06 Å². The van der Waals surface area contributed by atoms with Crippen LogP contribution in [0.5, 0.6) is 0 Å². The highest BCUT2D eigenvalue weighted by atomic mass is 16.5. The zero-order valence-electron chi connectivity index (χ0n) is 6.02. The lowest BCUT2D eigenvalue weighted by Gasteiger charge is -2.30. The van der Waals surface area contributed by atoms with E-state index in [9.17, 15) is 5.21 Å². The lowest BCUT2D eigenvalue weighted by Crippen LogP contribution is -3.08. The third-order valence-corrected chi connectivity index (χ3v) is 2.24. The summed E-state index contributed by atoms with van der Waals surface area (Å²) in [5.41, 5.74) is 0. The Morgan fingerprint density at radius 2 is 2.00 bits per heavy atom. The molecule has 0 bridgehead atoms. The van der Waals surface area contributed by atoms with Gasteiger partial charge in [-0.25, -0.2) is 0 Å².